The summed E-state index contributed by atoms with van der Waals surface area (Å²) in [6, 6.07) is -1.42. The average molecular weight is 504 g/mol. The highest BCUT2D eigenvalue weighted by molar-refractivity contribution is 5.99. The van der Waals surface area contributed by atoms with E-state index in [-0.39, 0.29) is 36.5 Å². The number of rotatable bonds is 14. The van der Waals surface area contributed by atoms with Gasteiger partial charge in [-0.3, -0.25) is 14.4 Å². The van der Waals surface area contributed by atoms with Gasteiger partial charge in [0.2, 0.25) is 17.7 Å². The summed E-state index contributed by atoms with van der Waals surface area (Å²) in [6.07, 6.45) is 7.25. The van der Waals surface area contributed by atoms with Crippen molar-refractivity contribution in [2.45, 2.75) is 96.1 Å². The number of likely N-dealkylation sites (tertiary alicyclic amines) is 1. The monoisotopic (exact) mass is 503 g/mol. The molecule has 0 aliphatic carbocycles. The van der Waals surface area contributed by atoms with Crippen molar-refractivity contribution in [2.24, 2.45) is 11.8 Å². The summed E-state index contributed by atoms with van der Waals surface area (Å²) in [5.74, 6) is -1.88. The van der Waals surface area contributed by atoms with E-state index in [2.05, 4.69) is 20.1 Å². The predicted octanol–water partition coefficient (Wildman–Crippen LogP) is 2.76. The Morgan fingerprint density at radius 3 is 2.44 bits per heavy atom. The second-order valence-corrected chi connectivity index (χ2v) is 10.5. The average Bonchev–Trinajstić information content (AvgIpc) is 3.50. The lowest BCUT2D eigenvalue weighted by molar-refractivity contribution is -0.153. The summed E-state index contributed by atoms with van der Waals surface area (Å²) < 4.78 is 6.57. The fourth-order valence-corrected chi connectivity index (χ4v) is 6.74. The highest BCUT2D eigenvalue weighted by atomic mass is 16.5. The summed E-state index contributed by atoms with van der Waals surface area (Å²) in [5.41, 5.74) is -1.06. The van der Waals surface area contributed by atoms with Crippen LogP contribution in [0.15, 0.2) is 25.3 Å². The molecule has 8 heteroatoms. The van der Waals surface area contributed by atoms with Gasteiger partial charge in [0, 0.05) is 25.7 Å². The minimum Gasteiger partial charge on any atom is -0.394 e. The number of nitrogens with zero attached hydrogens (tertiary/aromatic N) is 3. The van der Waals surface area contributed by atoms with Gasteiger partial charge in [-0.15, -0.1) is 13.2 Å². The van der Waals surface area contributed by atoms with E-state index >= 15 is 0 Å². The van der Waals surface area contributed by atoms with Crippen molar-refractivity contribution in [1.82, 2.24) is 14.7 Å². The molecule has 3 amide bonds. The number of fused-ring (bicyclic) bond motifs is 1. The lowest BCUT2D eigenvalue weighted by Gasteiger charge is -2.40. The largest absolute Gasteiger partial charge is 0.394 e. The third-order valence-electron chi connectivity index (χ3n) is 8.33. The molecule has 0 aromatic carbocycles. The number of aliphatic hydroxyl groups excluding tert-OH is 1. The van der Waals surface area contributed by atoms with E-state index in [0.717, 1.165) is 19.3 Å². The van der Waals surface area contributed by atoms with Gasteiger partial charge in [-0.1, -0.05) is 39.3 Å². The van der Waals surface area contributed by atoms with Crippen LogP contribution >= 0.6 is 0 Å². The molecule has 0 aromatic heterocycles. The first-order chi connectivity index (χ1) is 17.3. The molecule has 0 radical (unpaired) electrons. The maximum atomic E-state index is 14.3. The van der Waals surface area contributed by atoms with E-state index in [1.165, 1.54) is 0 Å². The van der Waals surface area contributed by atoms with Crippen molar-refractivity contribution < 1.29 is 24.2 Å². The second kappa shape index (κ2) is 11.9. The highest BCUT2D eigenvalue weighted by Crippen LogP contribution is 2.59. The predicted molar refractivity (Wildman–Crippen MR) is 139 cm³/mol. The van der Waals surface area contributed by atoms with Crippen LogP contribution in [-0.2, 0) is 19.1 Å². The Kier molecular flexibility index (Phi) is 9.39. The Morgan fingerprint density at radius 1 is 1.19 bits per heavy atom. The van der Waals surface area contributed by atoms with Crippen LogP contribution in [-0.4, -0.2) is 93.6 Å². The number of hydrogen-bond donors (Lipinski definition) is 1. The molecule has 8 nitrogen and oxygen atoms in total. The van der Waals surface area contributed by atoms with Crippen LogP contribution in [0.5, 0.6) is 0 Å². The number of carbonyl (C=O) groups excluding carboxylic acids is 3. The maximum Gasteiger partial charge on any atom is 0.248 e. The quantitative estimate of drug-likeness (QED) is 0.368. The topological polar surface area (TPSA) is 90.4 Å². The minimum atomic E-state index is -1.06. The molecule has 1 N–H and O–H groups in total. The van der Waals surface area contributed by atoms with Crippen LogP contribution in [0.4, 0.5) is 0 Å². The fourth-order valence-electron chi connectivity index (χ4n) is 6.74. The Bertz CT molecular complexity index is 843. The van der Waals surface area contributed by atoms with Gasteiger partial charge < -0.3 is 24.5 Å². The molecule has 202 valence electrons. The Hall–Kier alpha value is -2.19. The van der Waals surface area contributed by atoms with Crippen molar-refractivity contribution >= 4 is 17.7 Å². The van der Waals surface area contributed by atoms with Crippen LogP contribution < -0.4 is 0 Å². The van der Waals surface area contributed by atoms with Gasteiger partial charge in [0.1, 0.15) is 11.6 Å². The van der Waals surface area contributed by atoms with Crippen molar-refractivity contribution in [1.29, 1.82) is 0 Å². The third kappa shape index (κ3) is 4.62. The van der Waals surface area contributed by atoms with Crippen molar-refractivity contribution in [3.8, 4) is 0 Å². The van der Waals surface area contributed by atoms with Gasteiger partial charge in [-0.25, -0.2) is 0 Å². The fraction of sp³-hybridized carbons (Fsp3) is 0.750. The van der Waals surface area contributed by atoms with Gasteiger partial charge in [0.05, 0.1) is 30.6 Å². The zero-order valence-corrected chi connectivity index (χ0v) is 22.5. The first kappa shape index (κ1) is 28.4. The second-order valence-electron chi connectivity index (χ2n) is 10.5. The standard InChI is InChI=1S/C28H45N3O5/c1-7-12-19(6)30(17-10-4)27(35)24-28-14-13-21(36-28)22(25(33)29(15-8-2)16-9-3)23(28)26(34)31(24)20(11-5)18-32/h8,10,19-24,32H,2,4,7,9,11-18H2,1,3,5-6H3/t19?,20-,21+,22-,23-,24?,28?/m0/s1. The number of carbonyl (C=O) groups is 3. The van der Waals surface area contributed by atoms with E-state index < -0.39 is 29.5 Å². The zero-order valence-electron chi connectivity index (χ0n) is 22.5. The number of ether oxygens (including phenoxy) is 1. The molecular weight excluding hydrogens is 458 g/mol. The Balaban J connectivity index is 2.08. The first-order valence-corrected chi connectivity index (χ1v) is 13.7. The first-order valence-electron chi connectivity index (χ1n) is 13.7. The molecule has 1 spiro atoms. The number of amides is 3. The minimum absolute atomic E-state index is 0.0363. The van der Waals surface area contributed by atoms with Crippen LogP contribution in [0.3, 0.4) is 0 Å². The van der Waals surface area contributed by atoms with Crippen LogP contribution in [0, 0.1) is 11.8 Å². The van der Waals surface area contributed by atoms with E-state index in [0.29, 0.717) is 38.9 Å². The molecule has 3 aliphatic heterocycles. The molecule has 0 aromatic rings. The van der Waals surface area contributed by atoms with Crippen LogP contribution in [0.1, 0.15) is 66.2 Å². The Labute approximate surface area is 216 Å². The van der Waals surface area contributed by atoms with Crippen molar-refractivity contribution in [3.05, 3.63) is 25.3 Å². The summed E-state index contributed by atoms with van der Waals surface area (Å²) >= 11 is 0. The smallest absolute Gasteiger partial charge is 0.248 e. The molecule has 36 heavy (non-hydrogen) atoms. The lowest BCUT2D eigenvalue weighted by atomic mass is 9.70. The molecule has 3 heterocycles. The summed E-state index contributed by atoms with van der Waals surface area (Å²) in [7, 11) is 0. The molecule has 3 fully saturated rings. The molecule has 3 aliphatic rings. The summed E-state index contributed by atoms with van der Waals surface area (Å²) in [4.78, 5) is 47.3. The molecule has 3 saturated heterocycles. The summed E-state index contributed by atoms with van der Waals surface area (Å²) in [5, 5.41) is 10.2. The van der Waals surface area contributed by atoms with Crippen molar-refractivity contribution in [3.63, 3.8) is 0 Å². The molecule has 2 bridgehead atoms. The van der Waals surface area contributed by atoms with Gasteiger partial charge >= 0.3 is 0 Å². The normalized spacial score (nSPS) is 30.1. The zero-order chi connectivity index (χ0) is 26.6. The Morgan fingerprint density at radius 2 is 1.89 bits per heavy atom. The van der Waals surface area contributed by atoms with E-state index in [9.17, 15) is 19.5 Å². The van der Waals surface area contributed by atoms with E-state index in [1.807, 2.05) is 20.8 Å². The van der Waals surface area contributed by atoms with Crippen LogP contribution in [0.25, 0.3) is 0 Å². The van der Waals surface area contributed by atoms with Gasteiger partial charge in [-0.2, -0.15) is 0 Å². The molecule has 3 rings (SSSR count). The van der Waals surface area contributed by atoms with Gasteiger partial charge in [0.15, 0.2) is 0 Å². The number of hydrogen-bond acceptors (Lipinski definition) is 5. The van der Waals surface area contributed by atoms with Gasteiger partial charge in [0.25, 0.3) is 0 Å². The molecule has 3 unspecified atom stereocenters. The maximum absolute atomic E-state index is 14.3. The molecular formula is C28H45N3O5. The van der Waals surface area contributed by atoms with E-state index in [4.69, 9.17) is 4.74 Å². The third-order valence-corrected chi connectivity index (χ3v) is 8.33. The van der Waals surface area contributed by atoms with Crippen molar-refractivity contribution in [2.75, 3.05) is 26.2 Å². The number of aliphatic hydroxyl groups is 1. The SMILES string of the molecule is C=CCN(CCC)C(=O)[C@@H]1[C@H]2C(=O)N([C@@H](CC)CO)C(C(=O)N(CC=C)C(C)CCC)C23CC[C@H]1O3. The van der Waals surface area contributed by atoms with E-state index in [1.54, 1.807) is 26.9 Å². The van der Waals surface area contributed by atoms with Crippen LogP contribution in [0.2, 0.25) is 0 Å². The van der Waals surface area contributed by atoms with Gasteiger partial charge in [-0.05, 0) is 39.0 Å². The molecule has 0 saturated carbocycles. The summed E-state index contributed by atoms with van der Waals surface area (Å²) in [6.45, 7) is 16.8. The highest BCUT2D eigenvalue weighted by Gasteiger charge is 2.75. The lowest BCUT2D eigenvalue weighted by Crippen LogP contribution is -2.60. The molecule has 7 atom stereocenters.